The van der Waals surface area contributed by atoms with Gasteiger partial charge in [-0.15, -0.1) is 0 Å². The second-order valence-electron chi connectivity index (χ2n) is 4.57. The van der Waals surface area contributed by atoms with Crippen LogP contribution in [0.5, 0.6) is 11.5 Å². The van der Waals surface area contributed by atoms with Gasteiger partial charge in [-0.25, -0.2) is 0 Å². The molecule has 0 aliphatic heterocycles. The van der Waals surface area contributed by atoms with Gasteiger partial charge in [0.05, 0.1) is 25.4 Å². The van der Waals surface area contributed by atoms with E-state index in [-0.39, 0.29) is 5.91 Å². The van der Waals surface area contributed by atoms with Crippen molar-refractivity contribution in [3.05, 3.63) is 41.2 Å². The summed E-state index contributed by atoms with van der Waals surface area (Å²) >= 11 is 5.79. The Morgan fingerprint density at radius 1 is 1.32 bits per heavy atom. The largest absolute Gasteiger partial charge is 0.496 e. The summed E-state index contributed by atoms with van der Waals surface area (Å²) in [6, 6.07) is 5.22. The van der Waals surface area contributed by atoms with E-state index in [2.05, 4.69) is 10.4 Å². The Bertz CT molecular complexity index is 620. The van der Waals surface area contributed by atoms with Gasteiger partial charge < -0.3 is 14.8 Å². The number of carbonyl (C=O) groups is 1. The van der Waals surface area contributed by atoms with E-state index < -0.39 is 0 Å². The SMILES string of the molecule is COc1cccc(OC)c1C(=O)NCCCn1cc(Cl)cn1. The van der Waals surface area contributed by atoms with Crippen molar-refractivity contribution in [1.29, 1.82) is 0 Å². The van der Waals surface area contributed by atoms with Crippen LogP contribution in [0.1, 0.15) is 16.8 Å². The lowest BCUT2D eigenvalue weighted by Crippen LogP contribution is -2.26. The van der Waals surface area contributed by atoms with Crippen LogP contribution in [0.15, 0.2) is 30.6 Å². The minimum atomic E-state index is -0.229. The van der Waals surface area contributed by atoms with Gasteiger partial charge in [-0.2, -0.15) is 5.10 Å². The molecule has 22 heavy (non-hydrogen) atoms. The molecule has 1 N–H and O–H groups in total. The lowest BCUT2D eigenvalue weighted by Gasteiger charge is -2.13. The lowest BCUT2D eigenvalue weighted by atomic mass is 10.1. The van der Waals surface area contributed by atoms with Crippen LogP contribution in [0.2, 0.25) is 5.02 Å². The first kappa shape index (κ1) is 16.2. The van der Waals surface area contributed by atoms with Crippen LogP contribution in [-0.2, 0) is 6.54 Å². The zero-order valence-electron chi connectivity index (χ0n) is 12.5. The van der Waals surface area contributed by atoms with Gasteiger partial charge in [-0.05, 0) is 18.6 Å². The summed E-state index contributed by atoms with van der Waals surface area (Å²) < 4.78 is 12.2. The topological polar surface area (TPSA) is 65.4 Å². The standard InChI is InChI=1S/C15H18ClN3O3/c1-21-12-5-3-6-13(22-2)14(12)15(20)17-7-4-8-19-10-11(16)9-18-19/h3,5-6,9-10H,4,7-8H2,1-2H3,(H,17,20). The number of carbonyl (C=O) groups excluding carboxylic acids is 1. The molecule has 1 aromatic heterocycles. The molecule has 1 amide bonds. The Hall–Kier alpha value is -2.21. The Kier molecular flexibility index (Phi) is 5.66. The molecule has 1 heterocycles. The minimum absolute atomic E-state index is 0.229. The quantitative estimate of drug-likeness (QED) is 0.794. The van der Waals surface area contributed by atoms with E-state index in [0.29, 0.717) is 35.2 Å². The zero-order valence-corrected chi connectivity index (χ0v) is 13.3. The molecule has 118 valence electrons. The van der Waals surface area contributed by atoms with Crippen molar-refractivity contribution in [2.45, 2.75) is 13.0 Å². The summed E-state index contributed by atoms with van der Waals surface area (Å²) in [4.78, 5) is 12.3. The van der Waals surface area contributed by atoms with Crippen molar-refractivity contribution in [1.82, 2.24) is 15.1 Å². The number of hydrogen-bond acceptors (Lipinski definition) is 4. The Morgan fingerprint density at radius 3 is 2.55 bits per heavy atom. The first-order valence-corrected chi connectivity index (χ1v) is 7.20. The van der Waals surface area contributed by atoms with E-state index in [4.69, 9.17) is 21.1 Å². The summed E-state index contributed by atoms with van der Waals surface area (Å²) in [5.41, 5.74) is 0.398. The Morgan fingerprint density at radius 2 is 2.00 bits per heavy atom. The molecule has 7 heteroatoms. The molecular weight excluding hydrogens is 306 g/mol. The molecule has 0 saturated heterocycles. The molecule has 0 radical (unpaired) electrons. The molecule has 6 nitrogen and oxygen atoms in total. The fourth-order valence-corrected chi connectivity index (χ4v) is 2.22. The van der Waals surface area contributed by atoms with Crippen molar-refractivity contribution in [2.24, 2.45) is 0 Å². The summed E-state index contributed by atoms with van der Waals surface area (Å²) in [7, 11) is 3.04. The van der Waals surface area contributed by atoms with E-state index >= 15 is 0 Å². The number of hydrogen-bond donors (Lipinski definition) is 1. The normalized spacial score (nSPS) is 10.3. The fraction of sp³-hybridized carbons (Fsp3) is 0.333. The van der Waals surface area contributed by atoms with Crippen molar-refractivity contribution >= 4 is 17.5 Å². The van der Waals surface area contributed by atoms with Crippen LogP contribution in [0.4, 0.5) is 0 Å². The number of methoxy groups -OCH3 is 2. The first-order valence-electron chi connectivity index (χ1n) is 6.83. The number of nitrogens with one attached hydrogen (secondary N) is 1. The molecule has 0 atom stereocenters. The maximum Gasteiger partial charge on any atom is 0.258 e. The van der Waals surface area contributed by atoms with Gasteiger partial charge in [-0.1, -0.05) is 17.7 Å². The highest BCUT2D eigenvalue weighted by Gasteiger charge is 2.17. The number of rotatable bonds is 7. The van der Waals surface area contributed by atoms with Gasteiger partial charge >= 0.3 is 0 Å². The number of nitrogens with zero attached hydrogens (tertiary/aromatic N) is 2. The summed E-state index contributed by atoms with van der Waals surface area (Å²) in [5, 5.41) is 7.53. The highest BCUT2D eigenvalue weighted by atomic mass is 35.5. The van der Waals surface area contributed by atoms with Crippen LogP contribution < -0.4 is 14.8 Å². The fourth-order valence-electron chi connectivity index (χ4n) is 2.07. The number of benzene rings is 1. The second-order valence-corrected chi connectivity index (χ2v) is 5.01. The van der Waals surface area contributed by atoms with Crippen molar-refractivity contribution < 1.29 is 14.3 Å². The molecule has 0 unspecified atom stereocenters. The molecule has 1 aromatic carbocycles. The van der Waals surface area contributed by atoms with Crippen LogP contribution in [0.25, 0.3) is 0 Å². The van der Waals surface area contributed by atoms with E-state index in [0.717, 1.165) is 6.42 Å². The Balaban J connectivity index is 1.92. The van der Waals surface area contributed by atoms with Crippen molar-refractivity contribution in [3.63, 3.8) is 0 Å². The third kappa shape index (κ3) is 3.92. The van der Waals surface area contributed by atoms with E-state index in [1.807, 2.05) is 0 Å². The van der Waals surface area contributed by atoms with E-state index in [9.17, 15) is 4.79 Å². The molecule has 0 spiro atoms. The van der Waals surface area contributed by atoms with Gasteiger partial charge in [0.2, 0.25) is 0 Å². The van der Waals surface area contributed by atoms with E-state index in [1.54, 1.807) is 35.3 Å². The van der Waals surface area contributed by atoms with Gasteiger partial charge in [0.25, 0.3) is 5.91 Å². The lowest BCUT2D eigenvalue weighted by molar-refractivity contribution is 0.0946. The molecule has 0 fully saturated rings. The van der Waals surface area contributed by atoms with Gasteiger partial charge in [0.15, 0.2) is 0 Å². The third-order valence-corrected chi connectivity index (χ3v) is 3.30. The third-order valence-electron chi connectivity index (χ3n) is 3.11. The summed E-state index contributed by atoms with van der Waals surface area (Å²) in [5.74, 6) is 0.735. The Labute approximate surface area is 134 Å². The summed E-state index contributed by atoms with van der Waals surface area (Å²) in [6.45, 7) is 1.19. The first-order chi connectivity index (χ1) is 10.7. The molecule has 2 aromatic rings. The monoisotopic (exact) mass is 323 g/mol. The average molecular weight is 324 g/mol. The number of aromatic nitrogens is 2. The number of halogens is 1. The minimum Gasteiger partial charge on any atom is -0.496 e. The molecule has 0 aliphatic rings. The number of aryl methyl sites for hydroxylation is 1. The highest BCUT2D eigenvalue weighted by Crippen LogP contribution is 2.27. The highest BCUT2D eigenvalue weighted by molar-refractivity contribution is 6.30. The molecule has 0 saturated carbocycles. The molecular formula is C15H18ClN3O3. The maximum atomic E-state index is 12.3. The van der Waals surface area contributed by atoms with Crippen LogP contribution in [-0.4, -0.2) is 36.5 Å². The van der Waals surface area contributed by atoms with Crippen LogP contribution in [0, 0.1) is 0 Å². The van der Waals surface area contributed by atoms with Gasteiger partial charge in [0, 0.05) is 19.3 Å². The second kappa shape index (κ2) is 7.70. The smallest absolute Gasteiger partial charge is 0.258 e. The maximum absolute atomic E-state index is 12.3. The number of ether oxygens (including phenoxy) is 2. The van der Waals surface area contributed by atoms with Gasteiger partial charge in [-0.3, -0.25) is 9.48 Å². The summed E-state index contributed by atoms with van der Waals surface area (Å²) in [6.07, 6.45) is 4.06. The zero-order chi connectivity index (χ0) is 15.9. The van der Waals surface area contributed by atoms with Crippen molar-refractivity contribution in [2.75, 3.05) is 20.8 Å². The predicted octanol–water partition coefficient (Wildman–Crippen LogP) is 2.37. The van der Waals surface area contributed by atoms with Crippen LogP contribution in [0.3, 0.4) is 0 Å². The van der Waals surface area contributed by atoms with Crippen LogP contribution >= 0.6 is 11.6 Å². The molecule has 0 bridgehead atoms. The molecule has 2 rings (SSSR count). The van der Waals surface area contributed by atoms with Gasteiger partial charge in [0.1, 0.15) is 17.1 Å². The van der Waals surface area contributed by atoms with E-state index in [1.165, 1.54) is 14.2 Å². The average Bonchev–Trinajstić information content (AvgIpc) is 2.95. The number of amides is 1. The van der Waals surface area contributed by atoms with Crippen molar-refractivity contribution in [3.8, 4) is 11.5 Å². The predicted molar refractivity (Wildman–Crippen MR) is 83.7 cm³/mol. The molecule has 0 aliphatic carbocycles.